The summed E-state index contributed by atoms with van der Waals surface area (Å²) >= 11 is 1.78. The second-order valence-corrected chi connectivity index (χ2v) is 9.50. The van der Waals surface area contributed by atoms with Gasteiger partial charge in [0.25, 0.3) is 0 Å². The molecule has 1 atom stereocenters. The Kier molecular flexibility index (Phi) is 11.2. The van der Waals surface area contributed by atoms with E-state index in [0.717, 1.165) is 25.8 Å². The topological polar surface area (TPSA) is 82.6 Å². The van der Waals surface area contributed by atoms with E-state index in [4.69, 9.17) is 0 Å². The van der Waals surface area contributed by atoms with E-state index >= 15 is 0 Å². The van der Waals surface area contributed by atoms with Gasteiger partial charge in [-0.3, -0.25) is 4.99 Å². The molecule has 0 saturated heterocycles. The second-order valence-electron chi connectivity index (χ2n) is 6.72. The van der Waals surface area contributed by atoms with Gasteiger partial charge in [0.05, 0.1) is 12.8 Å². The maximum atomic E-state index is 11.4. The Morgan fingerprint density at radius 1 is 1.36 bits per heavy atom. The van der Waals surface area contributed by atoms with E-state index < -0.39 is 15.6 Å². The van der Waals surface area contributed by atoms with Crippen LogP contribution in [0.15, 0.2) is 22.5 Å². The largest absolute Gasteiger partial charge is 0.357 e. The first-order valence-corrected chi connectivity index (χ1v) is 10.9. The van der Waals surface area contributed by atoms with Crippen molar-refractivity contribution >= 4 is 51.3 Å². The molecule has 1 aromatic heterocycles. The molecule has 0 fully saturated rings. The number of nitrogens with zero attached hydrogens (tertiary/aromatic N) is 1. The number of hydrogen-bond acceptors (Lipinski definition) is 4. The summed E-state index contributed by atoms with van der Waals surface area (Å²) in [7, 11) is -3.26. The summed E-state index contributed by atoms with van der Waals surface area (Å²) in [4.78, 5) is 5.89. The Balaban J connectivity index is 0.00000576. The van der Waals surface area contributed by atoms with Crippen LogP contribution in [0, 0.1) is 5.92 Å². The third kappa shape index (κ3) is 11.8. The summed E-state index contributed by atoms with van der Waals surface area (Å²) in [6.07, 6.45) is 2.19. The fourth-order valence-electron chi connectivity index (χ4n) is 2.27. The van der Waals surface area contributed by atoms with E-state index in [1.807, 2.05) is 20.8 Å². The summed E-state index contributed by atoms with van der Waals surface area (Å²) in [5.41, 5.74) is -0.626. The van der Waals surface area contributed by atoms with Crippen LogP contribution in [0.25, 0.3) is 0 Å². The molecular weight excluding hydrogens is 471 g/mol. The summed E-state index contributed by atoms with van der Waals surface area (Å²) < 4.78 is 25.4. The van der Waals surface area contributed by atoms with Crippen LogP contribution in [0.3, 0.4) is 0 Å². The van der Waals surface area contributed by atoms with E-state index in [1.165, 1.54) is 4.88 Å². The lowest BCUT2D eigenvalue weighted by Gasteiger charge is -2.23. The van der Waals surface area contributed by atoms with Gasteiger partial charge in [-0.15, -0.1) is 35.3 Å². The van der Waals surface area contributed by atoms with Crippen molar-refractivity contribution in [2.75, 3.05) is 25.9 Å². The van der Waals surface area contributed by atoms with Crippen molar-refractivity contribution in [3.63, 3.8) is 0 Å². The Hall–Kier alpha value is -0.390. The van der Waals surface area contributed by atoms with Gasteiger partial charge < -0.3 is 10.6 Å². The maximum Gasteiger partial charge on any atom is 0.209 e. The van der Waals surface area contributed by atoms with Gasteiger partial charge in [0.1, 0.15) is 0 Å². The molecule has 9 heteroatoms. The molecule has 0 spiro atoms. The van der Waals surface area contributed by atoms with E-state index in [-0.39, 0.29) is 24.0 Å². The highest BCUT2D eigenvalue weighted by molar-refractivity contribution is 14.0. The third-order valence-electron chi connectivity index (χ3n) is 3.19. The van der Waals surface area contributed by atoms with Crippen LogP contribution >= 0.6 is 35.3 Å². The number of halogens is 1. The molecule has 0 radical (unpaired) electrons. The van der Waals surface area contributed by atoms with Crippen LogP contribution in [0.5, 0.6) is 0 Å². The van der Waals surface area contributed by atoms with Gasteiger partial charge in [-0.05, 0) is 44.6 Å². The third-order valence-corrected chi connectivity index (χ3v) is 5.01. The van der Waals surface area contributed by atoms with Crippen LogP contribution in [0.4, 0.5) is 0 Å². The molecule has 0 bridgehead atoms. The zero-order valence-electron chi connectivity index (χ0n) is 15.6. The first-order chi connectivity index (χ1) is 11.1. The highest BCUT2D eigenvalue weighted by Gasteiger charge is 2.21. The van der Waals surface area contributed by atoms with Crippen molar-refractivity contribution in [3.05, 3.63) is 22.4 Å². The molecule has 0 aromatic carbocycles. The first kappa shape index (κ1) is 24.6. The lowest BCUT2D eigenvalue weighted by Crippen LogP contribution is -2.47. The van der Waals surface area contributed by atoms with Gasteiger partial charge in [-0.2, -0.15) is 0 Å². The average molecular weight is 502 g/mol. The van der Waals surface area contributed by atoms with Crippen molar-refractivity contribution in [3.8, 4) is 0 Å². The second kappa shape index (κ2) is 11.3. The highest BCUT2D eigenvalue weighted by atomic mass is 127. The minimum atomic E-state index is -3.26. The van der Waals surface area contributed by atoms with Crippen molar-refractivity contribution in [1.82, 2.24) is 15.4 Å². The van der Waals surface area contributed by atoms with Crippen molar-refractivity contribution in [1.29, 1.82) is 0 Å². The standard InChI is InChI=1S/C16H30N4O2S2.HI/c1-6-17-15(19-12-16(3,4)20-24(5,21)22)18-11-13(2)10-14-8-7-9-23-14;/h7-9,13,20H,6,10-12H2,1-5H3,(H2,17,18,19);1H. The Labute approximate surface area is 173 Å². The minimum absolute atomic E-state index is 0. The normalized spacial score (nSPS) is 13.9. The Morgan fingerprint density at radius 2 is 2.04 bits per heavy atom. The molecular formula is C16H31IN4O2S2. The van der Waals surface area contributed by atoms with Gasteiger partial charge in [0, 0.05) is 23.5 Å². The van der Waals surface area contributed by atoms with Gasteiger partial charge in [-0.25, -0.2) is 13.1 Å². The predicted molar refractivity (Wildman–Crippen MR) is 119 cm³/mol. The lowest BCUT2D eigenvalue weighted by atomic mass is 10.1. The minimum Gasteiger partial charge on any atom is -0.357 e. The fraction of sp³-hybridized carbons (Fsp3) is 0.688. The summed E-state index contributed by atoms with van der Waals surface area (Å²) in [6.45, 7) is 9.77. The van der Waals surface area contributed by atoms with Crippen LogP contribution in [-0.4, -0.2) is 45.8 Å². The Bertz CT molecular complexity index is 616. The van der Waals surface area contributed by atoms with Gasteiger partial charge in [0.15, 0.2) is 5.96 Å². The molecule has 1 heterocycles. The fourth-order valence-corrected chi connectivity index (χ4v) is 4.21. The first-order valence-electron chi connectivity index (χ1n) is 8.15. The molecule has 25 heavy (non-hydrogen) atoms. The van der Waals surface area contributed by atoms with Crippen LogP contribution < -0.4 is 15.4 Å². The number of rotatable bonds is 9. The number of guanidine groups is 1. The molecule has 0 aliphatic carbocycles. The summed E-state index contributed by atoms with van der Waals surface area (Å²) in [6, 6.07) is 4.22. The van der Waals surface area contributed by atoms with E-state index in [9.17, 15) is 8.42 Å². The summed E-state index contributed by atoms with van der Waals surface area (Å²) in [5.74, 6) is 1.19. The Morgan fingerprint density at radius 3 is 2.56 bits per heavy atom. The molecule has 1 aromatic rings. The monoisotopic (exact) mass is 502 g/mol. The smallest absolute Gasteiger partial charge is 0.209 e. The van der Waals surface area contributed by atoms with E-state index in [0.29, 0.717) is 18.4 Å². The van der Waals surface area contributed by atoms with Gasteiger partial charge in [-0.1, -0.05) is 13.0 Å². The molecule has 3 N–H and O–H groups in total. The number of hydrogen-bond donors (Lipinski definition) is 3. The molecule has 1 unspecified atom stereocenters. The van der Waals surface area contributed by atoms with E-state index in [2.05, 4.69) is 44.8 Å². The molecule has 0 amide bonds. The predicted octanol–water partition coefficient (Wildman–Crippen LogP) is 2.43. The molecule has 6 nitrogen and oxygen atoms in total. The molecule has 0 aliphatic heterocycles. The summed E-state index contributed by atoms with van der Waals surface area (Å²) in [5, 5.41) is 8.63. The van der Waals surface area contributed by atoms with E-state index in [1.54, 1.807) is 11.3 Å². The van der Waals surface area contributed by atoms with Crippen molar-refractivity contribution in [2.45, 2.75) is 39.7 Å². The molecule has 146 valence electrons. The van der Waals surface area contributed by atoms with Gasteiger partial charge in [0.2, 0.25) is 10.0 Å². The number of aliphatic imine (C=N–C) groups is 1. The van der Waals surface area contributed by atoms with Crippen molar-refractivity contribution in [2.24, 2.45) is 10.9 Å². The van der Waals surface area contributed by atoms with Crippen LogP contribution in [0.2, 0.25) is 0 Å². The lowest BCUT2D eigenvalue weighted by molar-refractivity contribution is 0.464. The SMILES string of the molecule is CCNC(=NCC(C)(C)NS(C)(=O)=O)NCC(C)Cc1cccs1.I. The zero-order chi connectivity index (χ0) is 18.2. The highest BCUT2D eigenvalue weighted by Crippen LogP contribution is 2.13. The molecule has 1 rings (SSSR count). The van der Waals surface area contributed by atoms with Crippen LogP contribution in [0.1, 0.15) is 32.6 Å². The number of nitrogens with one attached hydrogen (secondary N) is 3. The molecule has 0 aliphatic rings. The number of sulfonamides is 1. The average Bonchev–Trinajstić information content (AvgIpc) is 2.92. The quantitative estimate of drug-likeness (QED) is 0.275. The molecule has 0 saturated carbocycles. The number of thiophene rings is 1. The maximum absolute atomic E-state index is 11.4. The van der Waals surface area contributed by atoms with Gasteiger partial charge >= 0.3 is 0 Å². The van der Waals surface area contributed by atoms with Crippen LogP contribution in [-0.2, 0) is 16.4 Å². The zero-order valence-corrected chi connectivity index (χ0v) is 19.6. The van der Waals surface area contributed by atoms with Crippen molar-refractivity contribution < 1.29 is 8.42 Å².